The smallest absolute Gasteiger partial charge is 0.123 e. The molecule has 2 aromatic rings. The van der Waals surface area contributed by atoms with Crippen molar-refractivity contribution in [3.8, 4) is 0 Å². The van der Waals surface area contributed by atoms with Crippen LogP contribution in [-0.4, -0.2) is 6.54 Å². The molecule has 1 heterocycles. The number of hydrogen-bond acceptors (Lipinski definition) is 2. The molecule has 96 valence electrons. The largest absolute Gasteiger partial charge is 0.310 e. The van der Waals surface area contributed by atoms with E-state index >= 15 is 0 Å². The molecule has 1 aromatic heterocycles. The predicted molar refractivity (Wildman–Crippen MR) is 75.5 cm³/mol. The third kappa shape index (κ3) is 3.65. The molecule has 0 fully saturated rings. The summed E-state index contributed by atoms with van der Waals surface area (Å²) in [7, 11) is 0. The first kappa shape index (κ1) is 13.2. The van der Waals surface area contributed by atoms with Crippen LogP contribution in [-0.2, 0) is 6.42 Å². The van der Waals surface area contributed by atoms with E-state index in [1.807, 2.05) is 6.07 Å². The van der Waals surface area contributed by atoms with Crippen LogP contribution >= 0.6 is 11.3 Å². The van der Waals surface area contributed by atoms with Crippen molar-refractivity contribution in [3.05, 3.63) is 58.0 Å². The second-order valence-electron chi connectivity index (χ2n) is 4.34. The molecule has 0 amide bonds. The lowest BCUT2D eigenvalue weighted by Gasteiger charge is -2.18. The average molecular weight is 263 g/mol. The lowest BCUT2D eigenvalue weighted by Crippen LogP contribution is -2.21. The minimum atomic E-state index is -0.161. The quantitative estimate of drug-likeness (QED) is 0.824. The summed E-state index contributed by atoms with van der Waals surface area (Å²) in [6.07, 6.45) is 2.02. The highest BCUT2D eigenvalue weighted by Gasteiger charge is 2.11. The Morgan fingerprint density at radius 2 is 2.22 bits per heavy atom. The van der Waals surface area contributed by atoms with Gasteiger partial charge in [0.1, 0.15) is 5.82 Å². The van der Waals surface area contributed by atoms with Gasteiger partial charge in [0.25, 0.3) is 0 Å². The molecule has 0 saturated heterocycles. The normalized spacial score (nSPS) is 12.6. The van der Waals surface area contributed by atoms with Gasteiger partial charge >= 0.3 is 0 Å². The molecular formula is C15H18FNS. The lowest BCUT2D eigenvalue weighted by atomic mass is 10.00. The summed E-state index contributed by atoms with van der Waals surface area (Å²) >= 11 is 1.72. The summed E-state index contributed by atoms with van der Waals surface area (Å²) < 4.78 is 13.3. The van der Waals surface area contributed by atoms with Crippen LogP contribution in [0.15, 0.2) is 41.1 Å². The number of nitrogens with one attached hydrogen (secondary N) is 1. The van der Waals surface area contributed by atoms with E-state index in [9.17, 15) is 4.39 Å². The van der Waals surface area contributed by atoms with Crippen LogP contribution in [0.25, 0.3) is 0 Å². The second-order valence-corrected chi connectivity index (χ2v) is 5.12. The number of thiophene rings is 1. The van der Waals surface area contributed by atoms with Crippen molar-refractivity contribution in [2.45, 2.75) is 25.8 Å². The van der Waals surface area contributed by atoms with Gasteiger partial charge in [0, 0.05) is 6.04 Å². The van der Waals surface area contributed by atoms with E-state index in [2.05, 4.69) is 29.1 Å². The van der Waals surface area contributed by atoms with Gasteiger partial charge in [0.2, 0.25) is 0 Å². The van der Waals surface area contributed by atoms with Crippen LogP contribution in [0.2, 0.25) is 0 Å². The zero-order valence-corrected chi connectivity index (χ0v) is 11.3. The van der Waals surface area contributed by atoms with Gasteiger partial charge in [-0.3, -0.25) is 0 Å². The molecule has 18 heavy (non-hydrogen) atoms. The molecule has 1 N–H and O–H groups in total. The molecule has 1 unspecified atom stereocenters. The number of benzene rings is 1. The van der Waals surface area contributed by atoms with Crippen molar-refractivity contribution >= 4 is 11.3 Å². The summed E-state index contributed by atoms with van der Waals surface area (Å²) in [5.41, 5.74) is 2.39. The Morgan fingerprint density at radius 3 is 2.89 bits per heavy atom. The van der Waals surface area contributed by atoms with E-state index in [1.54, 1.807) is 23.5 Å². The van der Waals surface area contributed by atoms with E-state index in [4.69, 9.17) is 0 Å². The van der Waals surface area contributed by atoms with E-state index in [0.29, 0.717) is 0 Å². The first-order valence-corrected chi connectivity index (χ1v) is 7.24. The van der Waals surface area contributed by atoms with Gasteiger partial charge < -0.3 is 5.32 Å². The van der Waals surface area contributed by atoms with Crippen LogP contribution in [0.5, 0.6) is 0 Å². The van der Waals surface area contributed by atoms with Gasteiger partial charge in [-0.05, 0) is 59.5 Å². The Kier molecular flexibility index (Phi) is 4.90. The molecule has 3 heteroatoms. The van der Waals surface area contributed by atoms with Gasteiger partial charge in [0.05, 0.1) is 0 Å². The van der Waals surface area contributed by atoms with E-state index in [-0.39, 0.29) is 11.9 Å². The molecule has 0 bridgehead atoms. The van der Waals surface area contributed by atoms with Gasteiger partial charge in [-0.15, -0.1) is 0 Å². The van der Waals surface area contributed by atoms with Crippen molar-refractivity contribution in [3.63, 3.8) is 0 Å². The van der Waals surface area contributed by atoms with Gasteiger partial charge in [-0.2, -0.15) is 11.3 Å². The van der Waals surface area contributed by atoms with Gasteiger partial charge in [-0.1, -0.05) is 19.1 Å². The standard InChI is InChI=1S/C15H18FNS/c1-2-17-15(7-6-12-8-9-18-11-12)13-4-3-5-14(16)10-13/h3-5,8-11,15,17H,2,6-7H2,1H3. The van der Waals surface area contributed by atoms with E-state index in [1.165, 1.54) is 11.6 Å². The van der Waals surface area contributed by atoms with Crippen molar-refractivity contribution in [1.82, 2.24) is 5.32 Å². The average Bonchev–Trinajstić information content (AvgIpc) is 2.87. The van der Waals surface area contributed by atoms with Crippen molar-refractivity contribution < 1.29 is 4.39 Å². The maximum absolute atomic E-state index is 13.3. The molecule has 1 nitrogen and oxygen atoms in total. The fraction of sp³-hybridized carbons (Fsp3) is 0.333. The number of rotatable bonds is 6. The summed E-state index contributed by atoms with van der Waals surface area (Å²) in [6, 6.07) is 9.26. The number of halogens is 1. The maximum atomic E-state index is 13.3. The number of aryl methyl sites for hydroxylation is 1. The fourth-order valence-electron chi connectivity index (χ4n) is 2.10. The molecule has 1 atom stereocenters. The Hall–Kier alpha value is -1.19. The first-order chi connectivity index (χ1) is 8.79. The molecule has 0 saturated carbocycles. The van der Waals surface area contributed by atoms with Crippen molar-refractivity contribution in [1.29, 1.82) is 0 Å². The highest BCUT2D eigenvalue weighted by atomic mass is 32.1. The lowest BCUT2D eigenvalue weighted by molar-refractivity contribution is 0.511. The van der Waals surface area contributed by atoms with Crippen LogP contribution in [0.1, 0.15) is 30.5 Å². The number of hydrogen-bond donors (Lipinski definition) is 1. The Bertz CT molecular complexity index is 467. The molecule has 0 radical (unpaired) electrons. The minimum absolute atomic E-state index is 0.161. The van der Waals surface area contributed by atoms with Gasteiger partial charge in [-0.25, -0.2) is 4.39 Å². The summed E-state index contributed by atoms with van der Waals surface area (Å²) in [5.74, 6) is -0.161. The molecule has 0 aliphatic carbocycles. The molecule has 0 spiro atoms. The highest BCUT2D eigenvalue weighted by Crippen LogP contribution is 2.20. The monoisotopic (exact) mass is 263 g/mol. The van der Waals surface area contributed by atoms with Gasteiger partial charge in [0.15, 0.2) is 0 Å². The fourth-order valence-corrected chi connectivity index (χ4v) is 2.81. The topological polar surface area (TPSA) is 12.0 Å². The predicted octanol–water partition coefficient (Wildman–Crippen LogP) is 4.17. The minimum Gasteiger partial charge on any atom is -0.310 e. The third-order valence-electron chi connectivity index (χ3n) is 3.00. The third-order valence-corrected chi connectivity index (χ3v) is 3.74. The molecular weight excluding hydrogens is 245 g/mol. The maximum Gasteiger partial charge on any atom is 0.123 e. The highest BCUT2D eigenvalue weighted by molar-refractivity contribution is 7.07. The Morgan fingerprint density at radius 1 is 1.33 bits per heavy atom. The van der Waals surface area contributed by atoms with Crippen molar-refractivity contribution in [2.75, 3.05) is 6.54 Å². The van der Waals surface area contributed by atoms with E-state index < -0.39 is 0 Å². The van der Waals surface area contributed by atoms with Crippen LogP contribution in [0.3, 0.4) is 0 Å². The van der Waals surface area contributed by atoms with E-state index in [0.717, 1.165) is 24.9 Å². The second kappa shape index (κ2) is 6.66. The summed E-state index contributed by atoms with van der Waals surface area (Å²) in [4.78, 5) is 0. The summed E-state index contributed by atoms with van der Waals surface area (Å²) in [5, 5.41) is 7.70. The first-order valence-electron chi connectivity index (χ1n) is 6.29. The van der Waals surface area contributed by atoms with Crippen LogP contribution in [0.4, 0.5) is 4.39 Å². The Balaban J connectivity index is 2.03. The molecule has 2 rings (SSSR count). The van der Waals surface area contributed by atoms with Crippen LogP contribution < -0.4 is 5.32 Å². The molecule has 0 aliphatic heterocycles. The Labute approximate surface area is 112 Å². The zero-order chi connectivity index (χ0) is 12.8. The SMILES string of the molecule is CCNC(CCc1ccsc1)c1cccc(F)c1. The zero-order valence-electron chi connectivity index (χ0n) is 10.5. The summed E-state index contributed by atoms with van der Waals surface area (Å²) in [6.45, 7) is 2.97. The molecule has 1 aromatic carbocycles. The van der Waals surface area contributed by atoms with Crippen LogP contribution in [0, 0.1) is 5.82 Å². The molecule has 0 aliphatic rings. The van der Waals surface area contributed by atoms with Crippen molar-refractivity contribution in [2.24, 2.45) is 0 Å².